The van der Waals surface area contributed by atoms with Gasteiger partial charge < -0.3 is 21.9 Å². The summed E-state index contributed by atoms with van der Waals surface area (Å²) in [6.07, 6.45) is 1.95. The Kier molecular flexibility index (Phi) is 5.61. The highest BCUT2D eigenvalue weighted by Crippen LogP contribution is 2.37. The van der Waals surface area contributed by atoms with Crippen molar-refractivity contribution >= 4 is 22.7 Å². The Balaban J connectivity index is 2.32. The summed E-state index contributed by atoms with van der Waals surface area (Å²) in [7, 11) is 0. The molecule has 0 radical (unpaired) electrons. The van der Waals surface area contributed by atoms with Crippen LogP contribution in [0.15, 0.2) is 23.6 Å². The van der Waals surface area contributed by atoms with Gasteiger partial charge in [-0.1, -0.05) is 0 Å². The zero-order chi connectivity index (χ0) is 15.2. The van der Waals surface area contributed by atoms with Gasteiger partial charge in [0.25, 0.3) is 0 Å². The Morgan fingerprint density at radius 1 is 1.24 bits per heavy atom. The maximum Gasteiger partial charge on any atom is 0.0469 e. The lowest BCUT2D eigenvalue weighted by molar-refractivity contribution is 0.145. The summed E-state index contributed by atoms with van der Waals surface area (Å²) >= 11 is 1.69. The van der Waals surface area contributed by atoms with Gasteiger partial charge >= 0.3 is 0 Å². The van der Waals surface area contributed by atoms with E-state index < -0.39 is 0 Å². The van der Waals surface area contributed by atoms with Crippen molar-refractivity contribution in [3.8, 4) is 11.1 Å². The predicted octanol–water partition coefficient (Wildman–Crippen LogP) is 3.01. The van der Waals surface area contributed by atoms with Crippen LogP contribution in [-0.2, 0) is 17.7 Å². The quantitative estimate of drug-likeness (QED) is 0.542. The van der Waals surface area contributed by atoms with Crippen LogP contribution in [0.3, 0.4) is 0 Å². The average molecular weight is 305 g/mol. The first-order valence-electron chi connectivity index (χ1n) is 7.19. The van der Waals surface area contributed by atoms with E-state index in [1.807, 2.05) is 25.1 Å². The number of nitrogen functional groups attached to an aromatic ring is 2. The molecule has 4 nitrogen and oxygen atoms in total. The zero-order valence-electron chi connectivity index (χ0n) is 12.4. The van der Waals surface area contributed by atoms with Crippen molar-refractivity contribution in [2.24, 2.45) is 5.73 Å². The largest absolute Gasteiger partial charge is 0.399 e. The highest BCUT2D eigenvalue weighted by Gasteiger charge is 2.15. The van der Waals surface area contributed by atoms with Gasteiger partial charge in [0, 0.05) is 47.1 Å². The molecular weight excluding hydrogens is 282 g/mol. The molecule has 0 amide bonds. The van der Waals surface area contributed by atoms with Gasteiger partial charge in [0.15, 0.2) is 0 Å². The molecule has 1 heterocycles. The summed E-state index contributed by atoms with van der Waals surface area (Å²) in [4.78, 5) is 1.15. The molecule has 5 heteroatoms. The van der Waals surface area contributed by atoms with Crippen LogP contribution in [0.4, 0.5) is 11.4 Å². The Morgan fingerprint density at radius 2 is 2.05 bits per heavy atom. The number of ether oxygens (including phenoxy) is 1. The summed E-state index contributed by atoms with van der Waals surface area (Å²) in [5, 5.41) is 2.17. The number of nitrogens with two attached hydrogens (primary N) is 3. The van der Waals surface area contributed by atoms with E-state index in [1.165, 1.54) is 5.56 Å². The predicted molar refractivity (Wildman–Crippen MR) is 91.3 cm³/mol. The fourth-order valence-corrected chi connectivity index (χ4v) is 3.37. The molecule has 0 atom stereocenters. The highest BCUT2D eigenvalue weighted by molar-refractivity contribution is 7.10. The Hall–Kier alpha value is -1.56. The summed E-state index contributed by atoms with van der Waals surface area (Å²) in [5.74, 6) is 0. The fourth-order valence-electron chi connectivity index (χ4n) is 2.40. The molecule has 21 heavy (non-hydrogen) atoms. The van der Waals surface area contributed by atoms with Crippen molar-refractivity contribution in [1.82, 2.24) is 0 Å². The highest BCUT2D eigenvalue weighted by atomic mass is 32.1. The number of hydrogen-bond acceptors (Lipinski definition) is 5. The standard InChI is InChI=1S/C16H23N3OS/c1-2-20-7-3-4-11-10-21-15(9-17)16(11)13-8-12(18)5-6-14(13)19/h5-6,8,10H,2-4,7,9,17-19H2,1H3. The first-order valence-corrected chi connectivity index (χ1v) is 8.07. The van der Waals surface area contributed by atoms with E-state index in [0.29, 0.717) is 12.2 Å². The maximum atomic E-state index is 6.13. The van der Waals surface area contributed by atoms with E-state index >= 15 is 0 Å². The van der Waals surface area contributed by atoms with Crippen LogP contribution in [-0.4, -0.2) is 13.2 Å². The topological polar surface area (TPSA) is 87.3 Å². The monoisotopic (exact) mass is 305 g/mol. The zero-order valence-corrected chi connectivity index (χ0v) is 13.2. The molecular formula is C16H23N3OS. The third kappa shape index (κ3) is 3.75. The molecule has 2 aromatic rings. The van der Waals surface area contributed by atoms with Gasteiger partial charge in [-0.05, 0) is 48.9 Å². The number of anilines is 2. The number of aryl methyl sites for hydroxylation is 1. The molecule has 1 aromatic heterocycles. The van der Waals surface area contributed by atoms with E-state index in [4.69, 9.17) is 21.9 Å². The molecule has 0 aliphatic heterocycles. The van der Waals surface area contributed by atoms with Gasteiger partial charge in [0.2, 0.25) is 0 Å². The van der Waals surface area contributed by atoms with Crippen LogP contribution in [0.2, 0.25) is 0 Å². The Morgan fingerprint density at radius 3 is 2.76 bits per heavy atom. The molecule has 0 fully saturated rings. The minimum absolute atomic E-state index is 0.514. The van der Waals surface area contributed by atoms with E-state index in [0.717, 1.165) is 47.7 Å². The first-order chi connectivity index (χ1) is 10.2. The van der Waals surface area contributed by atoms with Crippen molar-refractivity contribution in [1.29, 1.82) is 0 Å². The molecule has 0 aliphatic carbocycles. The second kappa shape index (κ2) is 7.45. The molecule has 6 N–H and O–H groups in total. The average Bonchev–Trinajstić information content (AvgIpc) is 2.89. The second-order valence-corrected chi connectivity index (χ2v) is 5.87. The van der Waals surface area contributed by atoms with E-state index in [9.17, 15) is 0 Å². The summed E-state index contributed by atoms with van der Waals surface area (Å²) in [6, 6.07) is 5.61. The number of benzene rings is 1. The lowest BCUT2D eigenvalue weighted by atomic mass is 9.97. The van der Waals surface area contributed by atoms with E-state index in [1.54, 1.807) is 11.3 Å². The number of hydrogen-bond donors (Lipinski definition) is 3. The van der Waals surface area contributed by atoms with Gasteiger partial charge in [-0.2, -0.15) is 0 Å². The molecule has 0 saturated heterocycles. The first kappa shape index (κ1) is 15.8. The van der Waals surface area contributed by atoms with Crippen molar-refractivity contribution in [3.05, 3.63) is 34.0 Å². The van der Waals surface area contributed by atoms with E-state index in [-0.39, 0.29) is 0 Å². The van der Waals surface area contributed by atoms with Gasteiger partial charge in [-0.25, -0.2) is 0 Å². The minimum Gasteiger partial charge on any atom is -0.399 e. The normalized spacial score (nSPS) is 11.0. The molecule has 2 rings (SSSR count). The van der Waals surface area contributed by atoms with Crippen molar-refractivity contribution < 1.29 is 4.74 Å². The summed E-state index contributed by atoms with van der Waals surface area (Å²) in [6.45, 7) is 4.05. The lowest BCUT2D eigenvalue weighted by Crippen LogP contribution is -2.01. The van der Waals surface area contributed by atoms with E-state index in [2.05, 4.69) is 5.38 Å². The maximum absolute atomic E-state index is 6.13. The summed E-state index contributed by atoms with van der Waals surface area (Å²) in [5.41, 5.74) is 22.8. The van der Waals surface area contributed by atoms with Crippen LogP contribution < -0.4 is 17.2 Å². The smallest absolute Gasteiger partial charge is 0.0469 e. The van der Waals surface area contributed by atoms with Crippen molar-refractivity contribution in [2.75, 3.05) is 24.7 Å². The van der Waals surface area contributed by atoms with Crippen molar-refractivity contribution in [2.45, 2.75) is 26.3 Å². The fraction of sp³-hybridized carbons (Fsp3) is 0.375. The van der Waals surface area contributed by atoms with Crippen LogP contribution in [0.5, 0.6) is 0 Å². The molecule has 0 bridgehead atoms. The molecule has 0 unspecified atom stereocenters. The third-order valence-corrected chi connectivity index (χ3v) is 4.47. The second-order valence-electron chi connectivity index (χ2n) is 4.91. The SMILES string of the molecule is CCOCCCc1csc(CN)c1-c1cc(N)ccc1N. The van der Waals surface area contributed by atoms with Gasteiger partial charge in [-0.15, -0.1) is 11.3 Å². The third-order valence-electron chi connectivity index (χ3n) is 3.41. The Labute approximate surface area is 129 Å². The lowest BCUT2D eigenvalue weighted by Gasteiger charge is -2.11. The van der Waals surface area contributed by atoms with Crippen molar-refractivity contribution in [3.63, 3.8) is 0 Å². The van der Waals surface area contributed by atoms with Crippen LogP contribution in [0, 0.1) is 0 Å². The van der Waals surface area contributed by atoms with Gasteiger partial charge in [0.1, 0.15) is 0 Å². The molecule has 0 aliphatic rings. The number of thiophene rings is 1. The summed E-state index contributed by atoms with van der Waals surface area (Å²) < 4.78 is 5.41. The molecule has 0 saturated carbocycles. The van der Waals surface area contributed by atoms with Crippen LogP contribution in [0.25, 0.3) is 11.1 Å². The van der Waals surface area contributed by atoms with Gasteiger partial charge in [0.05, 0.1) is 0 Å². The molecule has 0 spiro atoms. The van der Waals surface area contributed by atoms with Crippen LogP contribution >= 0.6 is 11.3 Å². The minimum atomic E-state index is 0.514. The Bertz CT molecular complexity index is 595. The van der Waals surface area contributed by atoms with Crippen LogP contribution in [0.1, 0.15) is 23.8 Å². The van der Waals surface area contributed by atoms with Gasteiger partial charge in [-0.3, -0.25) is 0 Å². The molecule has 1 aromatic carbocycles. The number of rotatable bonds is 7. The molecule has 114 valence electrons.